The number of benzene rings is 2. The Bertz CT molecular complexity index is 989. The van der Waals surface area contributed by atoms with Crippen LogP contribution in [0.3, 0.4) is 0 Å². The molecule has 0 unspecified atom stereocenters. The van der Waals surface area contributed by atoms with Crippen molar-refractivity contribution in [2.45, 2.75) is 31.5 Å². The zero-order chi connectivity index (χ0) is 19.7. The van der Waals surface area contributed by atoms with Crippen LogP contribution in [0.2, 0.25) is 0 Å². The zero-order valence-corrected chi connectivity index (χ0v) is 16.4. The lowest BCUT2D eigenvalue weighted by molar-refractivity contribution is 0.0834. The van der Waals surface area contributed by atoms with Crippen LogP contribution in [0.1, 0.15) is 18.4 Å². The molecule has 1 aromatic heterocycles. The van der Waals surface area contributed by atoms with Crippen molar-refractivity contribution in [3.63, 3.8) is 0 Å². The summed E-state index contributed by atoms with van der Waals surface area (Å²) >= 11 is 0. The largest absolute Gasteiger partial charge is 0.491 e. The number of methoxy groups -OCH3 is 1. The predicted molar refractivity (Wildman–Crippen MR) is 106 cm³/mol. The van der Waals surface area contributed by atoms with Crippen LogP contribution in [0.25, 0.3) is 10.8 Å². The van der Waals surface area contributed by atoms with Crippen molar-refractivity contribution >= 4 is 23.2 Å². The van der Waals surface area contributed by atoms with Crippen molar-refractivity contribution in [1.82, 2.24) is 10.3 Å². The number of nitrogens with one attached hydrogen (secondary N) is 1. The molecule has 0 spiro atoms. The molecule has 4 rings (SSSR count). The van der Waals surface area contributed by atoms with E-state index >= 15 is 0 Å². The van der Waals surface area contributed by atoms with E-state index in [2.05, 4.69) is 15.0 Å². The van der Waals surface area contributed by atoms with E-state index in [1.807, 2.05) is 0 Å². The molecule has 1 fully saturated rings. The SMILES string of the molecule is COc1c(F)cc(OC2CC(NCc3c(F)ccc4cnccc34)C2)cc1F.Cl. The van der Waals surface area contributed by atoms with Gasteiger partial charge in [0.25, 0.3) is 0 Å². The summed E-state index contributed by atoms with van der Waals surface area (Å²) in [7, 11) is 1.21. The topological polar surface area (TPSA) is 43.4 Å². The minimum absolute atomic E-state index is 0. The van der Waals surface area contributed by atoms with Gasteiger partial charge in [0, 0.05) is 48.1 Å². The van der Waals surface area contributed by atoms with Gasteiger partial charge in [-0.3, -0.25) is 4.98 Å². The summed E-state index contributed by atoms with van der Waals surface area (Å²) in [4.78, 5) is 4.06. The Morgan fingerprint density at radius 2 is 1.79 bits per heavy atom. The van der Waals surface area contributed by atoms with Gasteiger partial charge in [0.1, 0.15) is 17.7 Å². The summed E-state index contributed by atoms with van der Waals surface area (Å²) in [5, 5.41) is 5.04. The van der Waals surface area contributed by atoms with Crippen molar-refractivity contribution in [3.8, 4) is 11.5 Å². The highest BCUT2D eigenvalue weighted by molar-refractivity contribution is 5.85. The minimum atomic E-state index is -0.799. The summed E-state index contributed by atoms with van der Waals surface area (Å²) in [6.45, 7) is 0.385. The van der Waals surface area contributed by atoms with Gasteiger partial charge >= 0.3 is 0 Å². The summed E-state index contributed by atoms with van der Waals surface area (Å²) in [5.74, 6) is -2.15. The number of rotatable bonds is 6. The normalized spacial score (nSPS) is 18.1. The molecule has 8 heteroatoms. The van der Waals surface area contributed by atoms with Crippen LogP contribution in [-0.2, 0) is 6.54 Å². The zero-order valence-electron chi connectivity index (χ0n) is 15.6. The third-order valence-corrected chi connectivity index (χ3v) is 5.02. The van der Waals surface area contributed by atoms with E-state index in [1.165, 1.54) is 13.2 Å². The fourth-order valence-corrected chi connectivity index (χ4v) is 3.45. The molecule has 0 aliphatic heterocycles. The van der Waals surface area contributed by atoms with Crippen molar-refractivity contribution in [2.24, 2.45) is 0 Å². The number of hydrogen-bond acceptors (Lipinski definition) is 4. The number of pyridine rings is 1. The third-order valence-electron chi connectivity index (χ3n) is 5.02. The van der Waals surface area contributed by atoms with Gasteiger partial charge in [0.05, 0.1) is 7.11 Å². The van der Waals surface area contributed by atoms with Crippen LogP contribution < -0.4 is 14.8 Å². The molecule has 2 aromatic carbocycles. The van der Waals surface area contributed by atoms with Crippen molar-refractivity contribution in [2.75, 3.05) is 7.11 Å². The highest BCUT2D eigenvalue weighted by Gasteiger charge is 2.31. The molecule has 3 aromatic rings. The number of aromatic nitrogens is 1. The average molecular weight is 425 g/mol. The summed E-state index contributed by atoms with van der Waals surface area (Å²) in [6.07, 6.45) is 4.54. The molecule has 1 N–H and O–H groups in total. The molecule has 4 nitrogen and oxygen atoms in total. The number of nitrogens with zero attached hydrogens (tertiary/aromatic N) is 1. The van der Waals surface area contributed by atoms with E-state index < -0.39 is 17.4 Å². The van der Waals surface area contributed by atoms with E-state index in [-0.39, 0.29) is 36.1 Å². The highest BCUT2D eigenvalue weighted by atomic mass is 35.5. The van der Waals surface area contributed by atoms with E-state index in [4.69, 9.17) is 4.74 Å². The Morgan fingerprint density at radius 1 is 1.07 bits per heavy atom. The first-order valence-electron chi connectivity index (χ1n) is 8.99. The van der Waals surface area contributed by atoms with Crippen LogP contribution in [0.15, 0.2) is 42.7 Å². The Balaban J connectivity index is 0.00000240. The Hall–Kier alpha value is -2.51. The lowest BCUT2D eigenvalue weighted by Crippen LogP contribution is -2.46. The van der Waals surface area contributed by atoms with Gasteiger partial charge in [-0.05, 0) is 36.4 Å². The van der Waals surface area contributed by atoms with Gasteiger partial charge in [-0.1, -0.05) is 0 Å². The van der Waals surface area contributed by atoms with Gasteiger partial charge < -0.3 is 14.8 Å². The Kier molecular flexibility index (Phi) is 6.49. The van der Waals surface area contributed by atoms with E-state index in [9.17, 15) is 13.2 Å². The lowest BCUT2D eigenvalue weighted by Gasteiger charge is -2.36. The van der Waals surface area contributed by atoms with Crippen molar-refractivity contribution in [1.29, 1.82) is 0 Å². The number of fused-ring (bicyclic) bond motifs is 1. The standard InChI is InChI=1S/C21H19F3N2O2.ClH/c1-27-21-19(23)8-15(9-20(21)24)28-14-6-13(7-14)26-11-17-16-4-5-25-10-12(16)2-3-18(17)22;/h2-5,8-10,13-14,26H,6-7,11H2,1H3;1H. The Labute approximate surface area is 172 Å². The average Bonchev–Trinajstić information content (AvgIpc) is 2.64. The molecular weight excluding hydrogens is 405 g/mol. The first-order chi connectivity index (χ1) is 13.5. The number of ether oxygens (including phenoxy) is 2. The first kappa shape index (κ1) is 21.2. The molecular formula is C21H20ClF3N2O2. The van der Waals surface area contributed by atoms with Gasteiger partial charge in [0.2, 0.25) is 0 Å². The van der Waals surface area contributed by atoms with Crippen LogP contribution in [0, 0.1) is 17.5 Å². The molecule has 1 aliphatic rings. The van der Waals surface area contributed by atoms with Crippen LogP contribution >= 0.6 is 12.4 Å². The van der Waals surface area contributed by atoms with E-state index in [0.717, 1.165) is 22.9 Å². The summed E-state index contributed by atoms with van der Waals surface area (Å²) < 4.78 is 52.0. The molecule has 0 radical (unpaired) electrons. The van der Waals surface area contributed by atoms with Crippen molar-refractivity contribution < 1.29 is 22.6 Å². The van der Waals surface area contributed by atoms with E-state index in [1.54, 1.807) is 24.5 Å². The highest BCUT2D eigenvalue weighted by Crippen LogP contribution is 2.31. The lowest BCUT2D eigenvalue weighted by atomic mass is 9.89. The van der Waals surface area contributed by atoms with Gasteiger partial charge in [0.15, 0.2) is 17.4 Å². The molecule has 29 heavy (non-hydrogen) atoms. The van der Waals surface area contributed by atoms with Gasteiger partial charge in [-0.2, -0.15) is 0 Å². The second-order valence-corrected chi connectivity index (χ2v) is 6.83. The molecule has 0 bridgehead atoms. The maximum Gasteiger partial charge on any atom is 0.190 e. The molecule has 0 amide bonds. The molecule has 1 aliphatic carbocycles. The minimum Gasteiger partial charge on any atom is -0.491 e. The Morgan fingerprint density at radius 3 is 2.48 bits per heavy atom. The smallest absolute Gasteiger partial charge is 0.190 e. The van der Waals surface area contributed by atoms with Gasteiger partial charge in [-0.25, -0.2) is 13.2 Å². The second kappa shape index (κ2) is 8.88. The van der Waals surface area contributed by atoms with E-state index in [0.29, 0.717) is 24.9 Å². The number of halogens is 4. The summed E-state index contributed by atoms with van der Waals surface area (Å²) in [5.41, 5.74) is 0.601. The molecule has 154 valence electrons. The fraction of sp³-hybridized carbons (Fsp3) is 0.286. The van der Waals surface area contributed by atoms with Gasteiger partial charge in [-0.15, -0.1) is 12.4 Å². The maximum absolute atomic E-state index is 14.2. The fourth-order valence-electron chi connectivity index (χ4n) is 3.45. The maximum atomic E-state index is 14.2. The van der Waals surface area contributed by atoms with Crippen molar-refractivity contribution in [3.05, 3.63) is 65.7 Å². The first-order valence-corrected chi connectivity index (χ1v) is 8.99. The molecule has 0 atom stereocenters. The monoisotopic (exact) mass is 424 g/mol. The third kappa shape index (κ3) is 4.41. The quantitative estimate of drug-likeness (QED) is 0.618. The van der Waals surface area contributed by atoms with Crippen LogP contribution in [0.4, 0.5) is 13.2 Å². The summed E-state index contributed by atoms with van der Waals surface area (Å²) in [6, 6.07) is 7.33. The van der Waals surface area contributed by atoms with Crippen LogP contribution in [-0.4, -0.2) is 24.2 Å². The predicted octanol–water partition coefficient (Wildman–Crippen LogP) is 4.78. The second-order valence-electron chi connectivity index (χ2n) is 6.83. The van der Waals surface area contributed by atoms with Crippen LogP contribution in [0.5, 0.6) is 11.5 Å². The molecule has 0 saturated heterocycles. The number of hydrogen-bond donors (Lipinski definition) is 1. The molecule has 1 saturated carbocycles. The molecule has 1 heterocycles.